The molecule has 2 amide bonds. The van der Waals surface area contributed by atoms with Crippen LogP contribution in [0, 0.1) is 6.92 Å². The van der Waals surface area contributed by atoms with Gasteiger partial charge in [-0.2, -0.15) is 0 Å². The monoisotopic (exact) mass is 278 g/mol. The molecule has 6 nitrogen and oxygen atoms in total. The van der Waals surface area contributed by atoms with Gasteiger partial charge in [-0.1, -0.05) is 17.7 Å². The minimum atomic E-state index is -1.01. The first-order chi connectivity index (χ1) is 9.51. The molecule has 6 heteroatoms. The van der Waals surface area contributed by atoms with Crippen LogP contribution < -0.4 is 5.32 Å². The maximum atomic E-state index is 12.2. The van der Waals surface area contributed by atoms with Crippen molar-refractivity contribution in [1.82, 2.24) is 4.90 Å². The SMILES string of the molecule is COC1CC(C(=O)O)N(C(=O)Nc2ccc(C)cc2)C1. The number of anilines is 1. The molecule has 0 radical (unpaired) electrons. The van der Waals surface area contributed by atoms with Crippen LogP contribution in [0.3, 0.4) is 0 Å². The first kappa shape index (κ1) is 14.3. The summed E-state index contributed by atoms with van der Waals surface area (Å²) >= 11 is 0. The van der Waals surface area contributed by atoms with Crippen LogP contribution in [-0.2, 0) is 9.53 Å². The molecule has 1 aliphatic rings. The topological polar surface area (TPSA) is 78.9 Å². The number of urea groups is 1. The first-order valence-electron chi connectivity index (χ1n) is 6.41. The van der Waals surface area contributed by atoms with E-state index in [0.717, 1.165) is 5.56 Å². The van der Waals surface area contributed by atoms with Crippen LogP contribution >= 0.6 is 0 Å². The number of rotatable bonds is 3. The second-order valence-electron chi connectivity index (χ2n) is 4.90. The standard InChI is InChI=1S/C14H18N2O4/c1-9-3-5-10(6-4-9)15-14(19)16-8-11(20-2)7-12(16)13(17)18/h3-6,11-12H,7-8H2,1-2H3,(H,15,19)(H,17,18). The lowest BCUT2D eigenvalue weighted by atomic mass is 10.2. The third-order valence-electron chi connectivity index (χ3n) is 3.44. The summed E-state index contributed by atoms with van der Waals surface area (Å²) in [7, 11) is 1.52. The van der Waals surface area contributed by atoms with E-state index in [4.69, 9.17) is 4.74 Å². The molecule has 0 saturated carbocycles. The van der Waals surface area contributed by atoms with Gasteiger partial charge in [-0.05, 0) is 19.1 Å². The Bertz CT molecular complexity index is 500. The Labute approximate surface area is 117 Å². The average Bonchev–Trinajstić information content (AvgIpc) is 2.86. The van der Waals surface area contributed by atoms with E-state index < -0.39 is 18.0 Å². The number of likely N-dealkylation sites (tertiary alicyclic amines) is 1. The van der Waals surface area contributed by atoms with Crippen molar-refractivity contribution in [3.05, 3.63) is 29.8 Å². The van der Waals surface area contributed by atoms with Gasteiger partial charge in [0.1, 0.15) is 6.04 Å². The van der Waals surface area contributed by atoms with Gasteiger partial charge >= 0.3 is 12.0 Å². The summed E-state index contributed by atoms with van der Waals surface area (Å²) in [5.74, 6) is -1.01. The smallest absolute Gasteiger partial charge is 0.326 e. The molecule has 1 aromatic rings. The van der Waals surface area contributed by atoms with Gasteiger partial charge in [-0.3, -0.25) is 0 Å². The average molecular weight is 278 g/mol. The van der Waals surface area contributed by atoms with Gasteiger partial charge in [0.05, 0.1) is 6.10 Å². The summed E-state index contributed by atoms with van der Waals surface area (Å²) in [4.78, 5) is 24.7. The van der Waals surface area contributed by atoms with Crippen molar-refractivity contribution in [2.24, 2.45) is 0 Å². The van der Waals surface area contributed by atoms with E-state index in [9.17, 15) is 14.7 Å². The summed E-state index contributed by atoms with van der Waals surface area (Å²) < 4.78 is 5.15. The molecule has 1 fully saturated rings. The fourth-order valence-corrected chi connectivity index (χ4v) is 2.26. The van der Waals surface area contributed by atoms with Crippen molar-refractivity contribution in [1.29, 1.82) is 0 Å². The zero-order valence-corrected chi connectivity index (χ0v) is 11.5. The van der Waals surface area contributed by atoms with Crippen LogP contribution in [0.4, 0.5) is 10.5 Å². The maximum absolute atomic E-state index is 12.2. The van der Waals surface area contributed by atoms with Gasteiger partial charge in [0.2, 0.25) is 0 Å². The zero-order valence-electron chi connectivity index (χ0n) is 11.5. The van der Waals surface area contributed by atoms with Crippen LogP contribution in [0.15, 0.2) is 24.3 Å². The normalized spacial score (nSPS) is 21.8. The fraction of sp³-hybridized carbons (Fsp3) is 0.429. The number of carboxylic acid groups (broad SMARTS) is 1. The summed E-state index contributed by atoms with van der Waals surface area (Å²) in [5.41, 5.74) is 1.73. The van der Waals surface area contributed by atoms with Crippen molar-refractivity contribution in [2.45, 2.75) is 25.5 Å². The molecule has 2 rings (SSSR count). The Morgan fingerprint density at radius 2 is 2.00 bits per heavy atom. The molecule has 1 saturated heterocycles. The van der Waals surface area contributed by atoms with E-state index in [1.54, 1.807) is 12.1 Å². The second kappa shape index (κ2) is 5.92. The predicted molar refractivity (Wildman–Crippen MR) is 73.7 cm³/mol. The lowest BCUT2D eigenvalue weighted by Gasteiger charge is -2.21. The number of benzene rings is 1. The molecule has 2 unspecified atom stereocenters. The minimum Gasteiger partial charge on any atom is -0.480 e. The van der Waals surface area contributed by atoms with Crippen molar-refractivity contribution >= 4 is 17.7 Å². The third-order valence-corrected chi connectivity index (χ3v) is 3.44. The molecule has 2 atom stereocenters. The van der Waals surface area contributed by atoms with Gasteiger partial charge in [0.25, 0.3) is 0 Å². The van der Waals surface area contributed by atoms with Gasteiger partial charge in [0.15, 0.2) is 0 Å². The van der Waals surface area contributed by atoms with Crippen molar-refractivity contribution in [3.8, 4) is 0 Å². The molecule has 0 bridgehead atoms. The first-order valence-corrected chi connectivity index (χ1v) is 6.41. The van der Waals surface area contributed by atoms with Crippen LogP contribution in [0.1, 0.15) is 12.0 Å². The minimum absolute atomic E-state index is 0.236. The van der Waals surface area contributed by atoms with Crippen molar-refractivity contribution in [2.75, 3.05) is 19.0 Å². The maximum Gasteiger partial charge on any atom is 0.326 e. The van der Waals surface area contributed by atoms with E-state index in [0.29, 0.717) is 12.1 Å². The largest absolute Gasteiger partial charge is 0.480 e. The Kier molecular flexibility index (Phi) is 4.24. The van der Waals surface area contributed by atoms with Gasteiger partial charge in [-0.15, -0.1) is 0 Å². The Balaban J connectivity index is 2.07. The Morgan fingerprint density at radius 3 is 2.55 bits per heavy atom. The van der Waals surface area contributed by atoms with Crippen LogP contribution in [-0.4, -0.2) is 47.8 Å². The van der Waals surface area contributed by atoms with E-state index in [2.05, 4.69) is 5.32 Å². The molecular weight excluding hydrogens is 260 g/mol. The van der Waals surface area contributed by atoms with Crippen molar-refractivity contribution < 1.29 is 19.4 Å². The molecule has 0 aliphatic carbocycles. The fourth-order valence-electron chi connectivity index (χ4n) is 2.26. The molecule has 0 spiro atoms. The number of ether oxygens (including phenoxy) is 1. The number of nitrogens with zero attached hydrogens (tertiary/aromatic N) is 1. The molecule has 1 heterocycles. The number of hydrogen-bond donors (Lipinski definition) is 2. The summed E-state index contributed by atoms with van der Waals surface area (Å²) in [6.07, 6.45) is 0.0764. The third kappa shape index (κ3) is 3.08. The molecular formula is C14H18N2O4. The van der Waals surface area contributed by atoms with Crippen LogP contribution in [0.25, 0.3) is 0 Å². The molecule has 20 heavy (non-hydrogen) atoms. The van der Waals surface area contributed by atoms with Gasteiger partial charge in [-0.25, -0.2) is 9.59 Å². The number of aliphatic carboxylic acids is 1. The van der Waals surface area contributed by atoms with Gasteiger partial charge < -0.3 is 20.1 Å². The van der Waals surface area contributed by atoms with E-state index >= 15 is 0 Å². The summed E-state index contributed by atoms with van der Waals surface area (Å²) in [6.45, 7) is 2.24. The number of carboxylic acids is 1. The summed E-state index contributed by atoms with van der Waals surface area (Å²) in [5, 5.41) is 11.9. The van der Waals surface area contributed by atoms with Crippen molar-refractivity contribution in [3.63, 3.8) is 0 Å². The molecule has 1 aromatic carbocycles. The van der Waals surface area contributed by atoms with E-state index in [-0.39, 0.29) is 12.6 Å². The predicted octanol–water partition coefficient (Wildman–Crippen LogP) is 1.70. The molecule has 1 aliphatic heterocycles. The van der Waals surface area contributed by atoms with E-state index in [1.807, 2.05) is 19.1 Å². The van der Waals surface area contributed by atoms with Crippen LogP contribution in [0.2, 0.25) is 0 Å². The molecule has 108 valence electrons. The lowest BCUT2D eigenvalue weighted by molar-refractivity contribution is -0.141. The Morgan fingerprint density at radius 1 is 1.35 bits per heavy atom. The van der Waals surface area contributed by atoms with Gasteiger partial charge in [0, 0.05) is 25.8 Å². The Hall–Kier alpha value is -2.08. The summed E-state index contributed by atoms with van der Waals surface area (Å²) in [6, 6.07) is 6.07. The quantitative estimate of drug-likeness (QED) is 0.882. The number of methoxy groups -OCH3 is 1. The number of aryl methyl sites for hydroxylation is 1. The lowest BCUT2D eigenvalue weighted by Crippen LogP contribution is -2.43. The highest BCUT2D eigenvalue weighted by molar-refractivity contribution is 5.92. The number of hydrogen-bond acceptors (Lipinski definition) is 3. The van der Waals surface area contributed by atoms with E-state index in [1.165, 1.54) is 12.0 Å². The highest BCUT2D eigenvalue weighted by Gasteiger charge is 2.39. The highest BCUT2D eigenvalue weighted by atomic mass is 16.5. The zero-order chi connectivity index (χ0) is 14.7. The number of amides is 2. The number of carbonyl (C=O) groups excluding carboxylic acids is 1. The highest BCUT2D eigenvalue weighted by Crippen LogP contribution is 2.21. The number of nitrogens with one attached hydrogen (secondary N) is 1. The molecule has 2 N–H and O–H groups in total. The molecule has 0 aromatic heterocycles. The number of carbonyl (C=O) groups is 2. The van der Waals surface area contributed by atoms with Crippen LogP contribution in [0.5, 0.6) is 0 Å². The second-order valence-corrected chi connectivity index (χ2v) is 4.90.